The fourth-order valence-electron chi connectivity index (χ4n) is 2.43. The first kappa shape index (κ1) is 14.1. The highest BCUT2D eigenvalue weighted by Gasteiger charge is 2.12. The van der Waals surface area contributed by atoms with Gasteiger partial charge in [0.25, 0.3) is 5.56 Å². The summed E-state index contributed by atoms with van der Waals surface area (Å²) in [6.45, 7) is 7.90. The van der Waals surface area contributed by atoms with E-state index in [9.17, 15) is 4.79 Å². The van der Waals surface area contributed by atoms with Crippen molar-refractivity contribution in [1.29, 1.82) is 5.26 Å². The number of hydrogen-bond donors (Lipinski definition) is 1. The summed E-state index contributed by atoms with van der Waals surface area (Å²) in [6.07, 6.45) is 0.726. The van der Waals surface area contributed by atoms with Crippen LogP contribution < -0.4 is 5.56 Å². The van der Waals surface area contributed by atoms with Gasteiger partial charge in [-0.25, -0.2) is 0 Å². The maximum atomic E-state index is 11.7. The lowest BCUT2D eigenvalue weighted by molar-refractivity contribution is 1.01. The van der Waals surface area contributed by atoms with Gasteiger partial charge in [0.1, 0.15) is 11.6 Å². The van der Waals surface area contributed by atoms with Crippen molar-refractivity contribution in [2.24, 2.45) is 0 Å². The lowest BCUT2D eigenvalue weighted by Gasteiger charge is -2.12. The molecule has 0 aliphatic rings. The minimum absolute atomic E-state index is 0.217. The quantitative estimate of drug-likeness (QED) is 0.908. The van der Waals surface area contributed by atoms with E-state index in [1.54, 1.807) is 0 Å². The van der Waals surface area contributed by atoms with Gasteiger partial charge in [0.2, 0.25) is 0 Å². The van der Waals surface area contributed by atoms with Crippen LogP contribution in [0.15, 0.2) is 23.0 Å². The third kappa shape index (κ3) is 2.50. The second kappa shape index (κ2) is 5.34. The van der Waals surface area contributed by atoms with Crippen LogP contribution in [-0.2, 0) is 6.42 Å². The van der Waals surface area contributed by atoms with Crippen LogP contribution in [0.25, 0.3) is 0 Å². The van der Waals surface area contributed by atoms with Gasteiger partial charge in [0, 0.05) is 5.69 Å². The zero-order chi connectivity index (χ0) is 14.9. The topological polar surface area (TPSA) is 56.6 Å². The minimum Gasteiger partial charge on any atom is -0.325 e. The normalized spacial score (nSPS) is 10.3. The molecule has 1 aromatic carbocycles. The zero-order valence-electron chi connectivity index (χ0n) is 12.3. The summed E-state index contributed by atoms with van der Waals surface area (Å²) in [5, 5.41) is 9.09. The summed E-state index contributed by atoms with van der Waals surface area (Å²) in [4.78, 5) is 14.5. The van der Waals surface area contributed by atoms with Crippen molar-refractivity contribution in [3.8, 4) is 6.07 Å². The standard InChI is InChI=1S/C17H18N2O/c1-10-5-6-14(7-11(10)2)8-15-12(3)16(9-18)17(20)19-13(15)4/h5-7H,8H2,1-4H3,(H,19,20). The Morgan fingerprint density at radius 1 is 1.15 bits per heavy atom. The third-order valence-electron chi connectivity index (χ3n) is 3.87. The zero-order valence-corrected chi connectivity index (χ0v) is 12.3. The molecule has 20 heavy (non-hydrogen) atoms. The van der Waals surface area contributed by atoms with Crippen LogP contribution in [0.3, 0.4) is 0 Å². The van der Waals surface area contributed by atoms with E-state index in [-0.39, 0.29) is 11.1 Å². The Bertz CT molecular complexity index is 764. The molecule has 2 aromatic rings. The lowest BCUT2D eigenvalue weighted by Crippen LogP contribution is -2.16. The Kier molecular flexibility index (Phi) is 3.76. The Balaban J connectivity index is 2.51. The van der Waals surface area contributed by atoms with E-state index < -0.39 is 0 Å². The number of hydrogen-bond acceptors (Lipinski definition) is 2. The average molecular weight is 266 g/mol. The molecule has 0 atom stereocenters. The van der Waals surface area contributed by atoms with E-state index in [2.05, 4.69) is 37.0 Å². The Labute approximate surface area is 118 Å². The molecular weight excluding hydrogens is 248 g/mol. The molecular formula is C17H18N2O. The van der Waals surface area contributed by atoms with E-state index in [1.165, 1.54) is 16.7 Å². The highest BCUT2D eigenvalue weighted by Crippen LogP contribution is 2.19. The fraction of sp³-hybridized carbons (Fsp3) is 0.294. The maximum absolute atomic E-state index is 11.7. The summed E-state index contributed by atoms with van der Waals surface area (Å²) in [6, 6.07) is 8.35. The summed E-state index contributed by atoms with van der Waals surface area (Å²) in [7, 11) is 0. The van der Waals surface area contributed by atoms with Crippen molar-refractivity contribution in [3.05, 3.63) is 67.6 Å². The molecule has 0 aliphatic heterocycles. The van der Waals surface area contributed by atoms with Gasteiger partial charge in [0.05, 0.1) is 0 Å². The summed E-state index contributed by atoms with van der Waals surface area (Å²) in [5.74, 6) is 0. The van der Waals surface area contributed by atoms with Crippen LogP contribution in [-0.4, -0.2) is 4.98 Å². The molecule has 0 aliphatic carbocycles. The van der Waals surface area contributed by atoms with E-state index in [1.807, 2.05) is 19.9 Å². The monoisotopic (exact) mass is 266 g/mol. The first-order valence-electron chi connectivity index (χ1n) is 6.62. The molecule has 0 spiro atoms. The molecule has 0 radical (unpaired) electrons. The van der Waals surface area contributed by atoms with E-state index in [4.69, 9.17) is 5.26 Å². The van der Waals surface area contributed by atoms with Crippen molar-refractivity contribution in [1.82, 2.24) is 4.98 Å². The predicted molar refractivity (Wildman–Crippen MR) is 80.0 cm³/mol. The number of H-pyrrole nitrogens is 1. The van der Waals surface area contributed by atoms with Gasteiger partial charge in [-0.2, -0.15) is 5.26 Å². The van der Waals surface area contributed by atoms with Crippen molar-refractivity contribution in [2.45, 2.75) is 34.1 Å². The average Bonchev–Trinajstić information content (AvgIpc) is 2.39. The van der Waals surface area contributed by atoms with Crippen LogP contribution in [0.1, 0.15) is 39.1 Å². The van der Waals surface area contributed by atoms with Crippen molar-refractivity contribution < 1.29 is 0 Å². The minimum atomic E-state index is -0.300. The molecule has 0 amide bonds. The van der Waals surface area contributed by atoms with Gasteiger partial charge < -0.3 is 4.98 Å². The number of nitrogens with zero attached hydrogens (tertiary/aromatic N) is 1. The van der Waals surface area contributed by atoms with E-state index in [0.29, 0.717) is 0 Å². The number of aryl methyl sites for hydroxylation is 3. The molecule has 102 valence electrons. The predicted octanol–water partition coefficient (Wildman–Crippen LogP) is 3.07. The molecule has 3 heteroatoms. The van der Waals surface area contributed by atoms with Crippen molar-refractivity contribution in [2.75, 3.05) is 0 Å². The molecule has 1 aromatic heterocycles. The Morgan fingerprint density at radius 2 is 1.85 bits per heavy atom. The molecule has 0 fully saturated rings. The fourth-order valence-corrected chi connectivity index (χ4v) is 2.43. The maximum Gasteiger partial charge on any atom is 0.266 e. The van der Waals surface area contributed by atoms with Gasteiger partial charge >= 0.3 is 0 Å². The molecule has 3 nitrogen and oxygen atoms in total. The summed E-state index contributed by atoms with van der Waals surface area (Å²) in [5.41, 5.74) is 6.28. The highest BCUT2D eigenvalue weighted by molar-refractivity contribution is 5.44. The Morgan fingerprint density at radius 3 is 2.45 bits per heavy atom. The number of rotatable bonds is 2. The van der Waals surface area contributed by atoms with E-state index >= 15 is 0 Å². The molecule has 0 unspecified atom stereocenters. The van der Waals surface area contributed by atoms with Gasteiger partial charge in [-0.1, -0.05) is 18.2 Å². The van der Waals surface area contributed by atoms with Crippen molar-refractivity contribution >= 4 is 0 Å². The molecule has 0 saturated heterocycles. The van der Waals surface area contributed by atoms with Gasteiger partial charge in [-0.15, -0.1) is 0 Å². The van der Waals surface area contributed by atoms with Gasteiger partial charge in [-0.3, -0.25) is 4.79 Å². The molecule has 2 rings (SSSR count). The summed E-state index contributed by atoms with van der Waals surface area (Å²) < 4.78 is 0. The largest absolute Gasteiger partial charge is 0.325 e. The van der Waals surface area contributed by atoms with Crippen LogP contribution >= 0.6 is 0 Å². The van der Waals surface area contributed by atoms with Crippen LogP contribution in [0.5, 0.6) is 0 Å². The number of aromatic nitrogens is 1. The second-order valence-corrected chi connectivity index (χ2v) is 5.26. The van der Waals surface area contributed by atoms with Gasteiger partial charge in [-0.05, 0) is 61.9 Å². The molecule has 0 bridgehead atoms. The van der Waals surface area contributed by atoms with Gasteiger partial charge in [0.15, 0.2) is 0 Å². The van der Waals surface area contributed by atoms with Crippen LogP contribution in [0.4, 0.5) is 0 Å². The van der Waals surface area contributed by atoms with Crippen LogP contribution in [0, 0.1) is 39.0 Å². The lowest BCUT2D eigenvalue weighted by atomic mass is 9.95. The number of aromatic amines is 1. The van der Waals surface area contributed by atoms with Crippen molar-refractivity contribution in [3.63, 3.8) is 0 Å². The first-order chi connectivity index (χ1) is 9.43. The molecule has 0 saturated carbocycles. The highest BCUT2D eigenvalue weighted by atomic mass is 16.1. The SMILES string of the molecule is Cc1ccc(Cc2c(C)[nH]c(=O)c(C#N)c2C)cc1C. The number of pyridine rings is 1. The molecule has 1 N–H and O–H groups in total. The molecule has 1 heterocycles. The second-order valence-electron chi connectivity index (χ2n) is 5.26. The van der Waals surface area contributed by atoms with Crippen LogP contribution in [0.2, 0.25) is 0 Å². The third-order valence-corrected chi connectivity index (χ3v) is 3.87. The number of nitrogens with one attached hydrogen (secondary N) is 1. The summed E-state index contributed by atoms with van der Waals surface area (Å²) >= 11 is 0. The first-order valence-corrected chi connectivity index (χ1v) is 6.62. The van der Waals surface area contributed by atoms with E-state index in [0.717, 1.165) is 23.2 Å². The Hall–Kier alpha value is -2.34. The number of nitriles is 1. The smallest absolute Gasteiger partial charge is 0.266 e. The number of benzene rings is 1.